The first-order chi connectivity index (χ1) is 5.91. The summed E-state index contributed by atoms with van der Waals surface area (Å²) in [6, 6.07) is 0. The lowest BCUT2D eigenvalue weighted by Gasteiger charge is -1.83. The summed E-state index contributed by atoms with van der Waals surface area (Å²) in [6.07, 6.45) is 18.3. The van der Waals surface area contributed by atoms with E-state index in [-0.39, 0.29) is 0 Å². The molecular weight excluding hydrogens is 144 g/mol. The van der Waals surface area contributed by atoms with Crippen LogP contribution < -0.4 is 0 Å². The van der Waals surface area contributed by atoms with Crippen LogP contribution in [0.5, 0.6) is 0 Å². The van der Waals surface area contributed by atoms with Crippen molar-refractivity contribution < 1.29 is 0 Å². The summed E-state index contributed by atoms with van der Waals surface area (Å²) in [6.45, 7) is 5.66. The lowest BCUT2D eigenvalue weighted by molar-refractivity contribution is 1.04. The second kappa shape index (κ2) is 9.96. The Labute approximate surface area is 76.0 Å². The van der Waals surface area contributed by atoms with E-state index in [1.807, 2.05) is 31.2 Å². The standard InChI is InChI=1S/C12H17/c1-3-5-7-9-11-12-10-8-6-4-2/h3-4,6,8-10H,1,5,7,12H2,2H3. The second-order valence-corrected chi connectivity index (χ2v) is 2.43. The Hall–Kier alpha value is -1.04. The van der Waals surface area contributed by atoms with Gasteiger partial charge in [0, 0.05) is 0 Å². The minimum Gasteiger partial charge on any atom is -0.103 e. The van der Waals surface area contributed by atoms with E-state index >= 15 is 0 Å². The van der Waals surface area contributed by atoms with Crippen molar-refractivity contribution >= 4 is 0 Å². The summed E-state index contributed by atoms with van der Waals surface area (Å²) in [5, 5.41) is 0. The second-order valence-electron chi connectivity index (χ2n) is 2.43. The average molecular weight is 161 g/mol. The SMILES string of the molecule is C=CCC/C=[C]/CC=CC=CC. The fraction of sp³-hybridized carbons (Fsp3) is 0.333. The molecule has 12 heavy (non-hydrogen) atoms. The molecule has 0 aromatic rings. The molecule has 0 spiro atoms. The zero-order chi connectivity index (χ0) is 9.07. The highest BCUT2D eigenvalue weighted by Gasteiger charge is 1.74. The molecule has 0 aliphatic rings. The predicted molar refractivity (Wildman–Crippen MR) is 55.8 cm³/mol. The maximum absolute atomic E-state index is 3.65. The summed E-state index contributed by atoms with van der Waals surface area (Å²) >= 11 is 0. The van der Waals surface area contributed by atoms with Crippen molar-refractivity contribution in [1.82, 2.24) is 0 Å². The van der Waals surface area contributed by atoms with Crippen molar-refractivity contribution in [2.24, 2.45) is 0 Å². The smallest absolute Gasteiger partial charge is 0.00948 e. The van der Waals surface area contributed by atoms with Gasteiger partial charge in [0.05, 0.1) is 0 Å². The Balaban J connectivity index is 3.29. The van der Waals surface area contributed by atoms with Crippen LogP contribution in [0.25, 0.3) is 0 Å². The first-order valence-corrected chi connectivity index (χ1v) is 4.35. The van der Waals surface area contributed by atoms with Gasteiger partial charge in [-0.3, -0.25) is 0 Å². The van der Waals surface area contributed by atoms with E-state index in [1.165, 1.54) is 0 Å². The third-order valence-corrected chi connectivity index (χ3v) is 1.33. The highest BCUT2D eigenvalue weighted by atomic mass is 13.8. The lowest BCUT2D eigenvalue weighted by atomic mass is 10.2. The van der Waals surface area contributed by atoms with Crippen molar-refractivity contribution in [2.75, 3.05) is 0 Å². The van der Waals surface area contributed by atoms with Gasteiger partial charge in [0.1, 0.15) is 0 Å². The molecule has 0 atom stereocenters. The molecule has 0 fully saturated rings. The van der Waals surface area contributed by atoms with Gasteiger partial charge in [-0.2, -0.15) is 0 Å². The molecule has 0 amide bonds. The number of unbranched alkanes of at least 4 members (excludes halogenated alkanes) is 1. The summed E-state index contributed by atoms with van der Waals surface area (Å²) in [4.78, 5) is 0. The van der Waals surface area contributed by atoms with Gasteiger partial charge in [0.2, 0.25) is 0 Å². The van der Waals surface area contributed by atoms with Crippen LogP contribution in [0.4, 0.5) is 0 Å². The van der Waals surface area contributed by atoms with Crippen molar-refractivity contribution in [3.63, 3.8) is 0 Å². The fourth-order valence-corrected chi connectivity index (χ4v) is 0.712. The number of allylic oxidation sites excluding steroid dienone is 7. The monoisotopic (exact) mass is 161 g/mol. The van der Waals surface area contributed by atoms with Crippen molar-refractivity contribution in [3.05, 3.63) is 49.1 Å². The van der Waals surface area contributed by atoms with E-state index in [0.29, 0.717) is 0 Å². The minimum absolute atomic E-state index is 0.904. The number of hydrogen-bond donors (Lipinski definition) is 0. The van der Waals surface area contributed by atoms with Gasteiger partial charge in [-0.15, -0.1) is 6.58 Å². The molecule has 0 aliphatic carbocycles. The summed E-state index contributed by atoms with van der Waals surface area (Å²) in [5.41, 5.74) is 0. The van der Waals surface area contributed by atoms with Crippen molar-refractivity contribution in [1.29, 1.82) is 0 Å². The minimum atomic E-state index is 0.904. The highest BCUT2D eigenvalue weighted by molar-refractivity contribution is 5.02. The van der Waals surface area contributed by atoms with Gasteiger partial charge < -0.3 is 0 Å². The molecule has 0 N–H and O–H groups in total. The average Bonchev–Trinajstić information content (AvgIpc) is 2.10. The molecule has 0 rings (SSSR count). The highest BCUT2D eigenvalue weighted by Crippen LogP contribution is 1.92. The maximum Gasteiger partial charge on any atom is -0.00948 e. The number of rotatable bonds is 6. The summed E-state index contributed by atoms with van der Waals surface area (Å²) < 4.78 is 0. The Morgan fingerprint density at radius 3 is 2.75 bits per heavy atom. The first-order valence-electron chi connectivity index (χ1n) is 4.35. The molecule has 0 unspecified atom stereocenters. The molecule has 0 aromatic carbocycles. The van der Waals surface area contributed by atoms with Crippen LogP contribution in [0.1, 0.15) is 26.2 Å². The van der Waals surface area contributed by atoms with Gasteiger partial charge in [0.25, 0.3) is 0 Å². The number of hydrogen-bond acceptors (Lipinski definition) is 0. The molecule has 0 bridgehead atoms. The van der Waals surface area contributed by atoms with Crippen LogP contribution in [-0.2, 0) is 0 Å². The molecule has 0 saturated carbocycles. The third kappa shape index (κ3) is 8.96. The largest absolute Gasteiger partial charge is 0.103 e. The van der Waals surface area contributed by atoms with Gasteiger partial charge in [-0.25, -0.2) is 0 Å². The van der Waals surface area contributed by atoms with Crippen LogP contribution in [-0.4, -0.2) is 0 Å². The Morgan fingerprint density at radius 2 is 2.08 bits per heavy atom. The zero-order valence-corrected chi connectivity index (χ0v) is 7.79. The van der Waals surface area contributed by atoms with Crippen LogP contribution >= 0.6 is 0 Å². The molecule has 0 aliphatic heterocycles. The molecule has 0 heterocycles. The van der Waals surface area contributed by atoms with Crippen molar-refractivity contribution in [2.45, 2.75) is 26.2 Å². The van der Waals surface area contributed by atoms with Crippen molar-refractivity contribution in [3.8, 4) is 0 Å². The van der Waals surface area contributed by atoms with E-state index in [1.54, 1.807) is 0 Å². The van der Waals surface area contributed by atoms with Crippen LogP contribution in [0.3, 0.4) is 0 Å². The molecule has 1 radical (unpaired) electrons. The van der Waals surface area contributed by atoms with E-state index < -0.39 is 0 Å². The molecule has 0 saturated heterocycles. The normalized spacial score (nSPS) is 12.1. The Morgan fingerprint density at radius 1 is 1.25 bits per heavy atom. The van der Waals surface area contributed by atoms with Gasteiger partial charge in [-0.1, -0.05) is 36.5 Å². The van der Waals surface area contributed by atoms with E-state index in [0.717, 1.165) is 19.3 Å². The van der Waals surface area contributed by atoms with Gasteiger partial charge in [0.15, 0.2) is 0 Å². The predicted octanol–water partition coefficient (Wildman–Crippen LogP) is 3.83. The first kappa shape index (κ1) is 11.0. The quantitative estimate of drug-likeness (QED) is 0.315. The summed E-state index contributed by atoms with van der Waals surface area (Å²) in [5.74, 6) is 0. The molecule has 0 aromatic heterocycles. The zero-order valence-electron chi connectivity index (χ0n) is 7.79. The Bertz CT molecular complexity index is 170. The summed E-state index contributed by atoms with van der Waals surface area (Å²) in [7, 11) is 0. The topological polar surface area (TPSA) is 0 Å². The molecular formula is C12H17. The van der Waals surface area contributed by atoms with E-state index in [2.05, 4.69) is 24.8 Å². The van der Waals surface area contributed by atoms with Crippen LogP contribution in [0, 0.1) is 6.08 Å². The van der Waals surface area contributed by atoms with Gasteiger partial charge >= 0.3 is 0 Å². The molecule has 0 nitrogen and oxygen atoms in total. The third-order valence-electron chi connectivity index (χ3n) is 1.33. The lowest BCUT2D eigenvalue weighted by Crippen LogP contribution is -1.64. The van der Waals surface area contributed by atoms with E-state index in [9.17, 15) is 0 Å². The van der Waals surface area contributed by atoms with Crippen LogP contribution in [0.2, 0.25) is 0 Å². The Kier molecular flexibility index (Phi) is 9.10. The fourth-order valence-electron chi connectivity index (χ4n) is 0.712. The molecule has 65 valence electrons. The van der Waals surface area contributed by atoms with Crippen LogP contribution in [0.15, 0.2) is 43.0 Å². The molecule has 0 heteroatoms. The van der Waals surface area contributed by atoms with E-state index in [4.69, 9.17) is 0 Å². The van der Waals surface area contributed by atoms with Gasteiger partial charge in [-0.05, 0) is 32.3 Å². The maximum atomic E-state index is 3.65.